The SMILES string of the molecule is NC(=O)Cc1nnc(-c2ccccc2)s1. The van der Waals surface area contributed by atoms with Crippen LogP contribution in [0, 0.1) is 0 Å². The van der Waals surface area contributed by atoms with E-state index in [9.17, 15) is 4.79 Å². The molecule has 0 saturated heterocycles. The molecule has 0 radical (unpaired) electrons. The lowest BCUT2D eigenvalue weighted by molar-refractivity contribution is -0.117. The van der Waals surface area contributed by atoms with Crippen LogP contribution in [0.3, 0.4) is 0 Å². The Morgan fingerprint density at radius 2 is 2.00 bits per heavy atom. The van der Waals surface area contributed by atoms with Crippen molar-refractivity contribution in [2.75, 3.05) is 0 Å². The molecule has 1 amide bonds. The summed E-state index contributed by atoms with van der Waals surface area (Å²) in [5.74, 6) is -0.384. The molecule has 0 fully saturated rings. The number of hydrogen-bond acceptors (Lipinski definition) is 4. The van der Waals surface area contributed by atoms with Crippen LogP contribution in [0.1, 0.15) is 5.01 Å². The van der Waals surface area contributed by atoms with Gasteiger partial charge in [-0.1, -0.05) is 41.7 Å². The summed E-state index contributed by atoms with van der Waals surface area (Å²) < 4.78 is 0. The maximum absolute atomic E-state index is 10.7. The summed E-state index contributed by atoms with van der Waals surface area (Å²) in [6.07, 6.45) is 0.157. The monoisotopic (exact) mass is 219 g/mol. The predicted octanol–water partition coefficient (Wildman–Crippen LogP) is 1.23. The van der Waals surface area contributed by atoms with Gasteiger partial charge in [-0.05, 0) is 0 Å². The van der Waals surface area contributed by atoms with Gasteiger partial charge in [-0.25, -0.2) is 0 Å². The minimum absolute atomic E-state index is 0.157. The Morgan fingerprint density at radius 3 is 2.67 bits per heavy atom. The van der Waals surface area contributed by atoms with Gasteiger partial charge >= 0.3 is 0 Å². The van der Waals surface area contributed by atoms with Gasteiger partial charge in [0, 0.05) is 5.56 Å². The van der Waals surface area contributed by atoms with E-state index >= 15 is 0 Å². The molecule has 1 aromatic carbocycles. The molecule has 0 saturated carbocycles. The van der Waals surface area contributed by atoms with Gasteiger partial charge in [0.25, 0.3) is 0 Å². The molecule has 4 nitrogen and oxygen atoms in total. The van der Waals surface area contributed by atoms with Crippen molar-refractivity contribution in [3.63, 3.8) is 0 Å². The number of benzene rings is 1. The van der Waals surface area contributed by atoms with E-state index in [0.717, 1.165) is 10.6 Å². The molecule has 2 N–H and O–H groups in total. The van der Waals surface area contributed by atoms with Gasteiger partial charge in [-0.3, -0.25) is 4.79 Å². The quantitative estimate of drug-likeness (QED) is 0.844. The molecule has 0 atom stereocenters. The van der Waals surface area contributed by atoms with Crippen LogP contribution < -0.4 is 5.73 Å². The van der Waals surface area contributed by atoms with E-state index in [2.05, 4.69) is 10.2 Å². The number of nitrogens with two attached hydrogens (primary N) is 1. The first-order valence-electron chi connectivity index (χ1n) is 4.42. The van der Waals surface area contributed by atoms with Crippen molar-refractivity contribution in [3.05, 3.63) is 35.3 Å². The lowest BCUT2D eigenvalue weighted by atomic mass is 10.2. The molecule has 15 heavy (non-hydrogen) atoms. The predicted molar refractivity (Wildman–Crippen MR) is 58.2 cm³/mol. The summed E-state index contributed by atoms with van der Waals surface area (Å²) in [6, 6.07) is 9.72. The molecule has 0 bridgehead atoms. The third-order valence-corrected chi connectivity index (χ3v) is 2.79. The first kappa shape index (κ1) is 9.79. The van der Waals surface area contributed by atoms with E-state index < -0.39 is 0 Å². The van der Waals surface area contributed by atoms with Crippen molar-refractivity contribution in [2.45, 2.75) is 6.42 Å². The molecular weight excluding hydrogens is 210 g/mol. The molecule has 0 spiro atoms. The molecule has 2 rings (SSSR count). The lowest BCUT2D eigenvalue weighted by Crippen LogP contribution is -2.13. The molecular formula is C10H9N3OS. The number of carbonyl (C=O) groups is 1. The fourth-order valence-corrected chi connectivity index (χ4v) is 2.03. The second-order valence-electron chi connectivity index (χ2n) is 3.01. The minimum atomic E-state index is -0.384. The van der Waals surface area contributed by atoms with Crippen molar-refractivity contribution in [3.8, 4) is 10.6 Å². The first-order valence-corrected chi connectivity index (χ1v) is 5.23. The van der Waals surface area contributed by atoms with Gasteiger partial charge in [-0.2, -0.15) is 0 Å². The molecule has 0 unspecified atom stereocenters. The maximum Gasteiger partial charge on any atom is 0.224 e. The number of carbonyl (C=O) groups excluding carboxylic acids is 1. The van der Waals surface area contributed by atoms with Crippen molar-refractivity contribution in [2.24, 2.45) is 5.73 Å². The van der Waals surface area contributed by atoms with Gasteiger partial charge < -0.3 is 5.73 Å². The molecule has 0 aliphatic rings. The zero-order valence-corrected chi connectivity index (χ0v) is 8.70. The average Bonchev–Trinajstić information content (AvgIpc) is 2.67. The van der Waals surface area contributed by atoms with Crippen molar-refractivity contribution < 1.29 is 4.79 Å². The van der Waals surface area contributed by atoms with Gasteiger partial charge in [0.2, 0.25) is 5.91 Å². The zero-order valence-electron chi connectivity index (χ0n) is 7.88. The highest BCUT2D eigenvalue weighted by molar-refractivity contribution is 7.14. The smallest absolute Gasteiger partial charge is 0.224 e. The standard InChI is InChI=1S/C10H9N3OS/c11-8(14)6-9-12-13-10(15-9)7-4-2-1-3-5-7/h1-5H,6H2,(H2,11,14). The van der Waals surface area contributed by atoms with Gasteiger partial charge in [0.15, 0.2) is 0 Å². The number of amides is 1. The maximum atomic E-state index is 10.7. The first-order chi connectivity index (χ1) is 7.25. The highest BCUT2D eigenvalue weighted by Crippen LogP contribution is 2.22. The van der Waals surface area contributed by atoms with Gasteiger partial charge in [-0.15, -0.1) is 10.2 Å². The summed E-state index contributed by atoms with van der Waals surface area (Å²) in [5, 5.41) is 9.37. The van der Waals surface area contributed by atoms with Crippen LogP contribution in [0.25, 0.3) is 10.6 Å². The van der Waals surface area contributed by atoms with Crippen LogP contribution in [0.5, 0.6) is 0 Å². The highest BCUT2D eigenvalue weighted by atomic mass is 32.1. The third kappa shape index (κ3) is 2.38. The topological polar surface area (TPSA) is 68.9 Å². The summed E-state index contributed by atoms with van der Waals surface area (Å²) in [5.41, 5.74) is 6.08. The minimum Gasteiger partial charge on any atom is -0.369 e. The summed E-state index contributed by atoms with van der Waals surface area (Å²) in [7, 11) is 0. The fraction of sp³-hybridized carbons (Fsp3) is 0.100. The second kappa shape index (κ2) is 4.18. The van der Waals surface area contributed by atoms with Crippen molar-refractivity contribution in [1.82, 2.24) is 10.2 Å². The molecule has 76 valence electrons. The Labute approximate surface area is 90.8 Å². The van der Waals surface area contributed by atoms with E-state index in [1.54, 1.807) is 0 Å². The van der Waals surface area contributed by atoms with Crippen molar-refractivity contribution >= 4 is 17.2 Å². The third-order valence-electron chi connectivity index (χ3n) is 1.81. The van der Waals surface area contributed by atoms with Crippen LogP contribution in [0.15, 0.2) is 30.3 Å². The van der Waals surface area contributed by atoms with Crippen LogP contribution in [0.2, 0.25) is 0 Å². The summed E-state index contributed by atoms with van der Waals surface area (Å²) in [6.45, 7) is 0. The van der Waals surface area contributed by atoms with Gasteiger partial charge in [0.05, 0.1) is 6.42 Å². The number of rotatable bonds is 3. The van der Waals surface area contributed by atoms with E-state index in [1.807, 2.05) is 30.3 Å². The van der Waals surface area contributed by atoms with Crippen LogP contribution in [-0.4, -0.2) is 16.1 Å². The number of aromatic nitrogens is 2. The van der Waals surface area contributed by atoms with Crippen LogP contribution in [-0.2, 0) is 11.2 Å². The van der Waals surface area contributed by atoms with E-state index in [1.165, 1.54) is 11.3 Å². The number of hydrogen-bond donors (Lipinski definition) is 1. The molecule has 2 aromatic rings. The normalized spacial score (nSPS) is 10.1. The zero-order chi connectivity index (χ0) is 10.7. The number of primary amides is 1. The Morgan fingerprint density at radius 1 is 1.27 bits per heavy atom. The molecule has 5 heteroatoms. The fourth-order valence-electron chi connectivity index (χ4n) is 1.17. The number of nitrogens with zero attached hydrogens (tertiary/aromatic N) is 2. The van der Waals surface area contributed by atoms with E-state index in [-0.39, 0.29) is 12.3 Å². The molecule has 0 aliphatic heterocycles. The molecule has 1 heterocycles. The van der Waals surface area contributed by atoms with E-state index in [4.69, 9.17) is 5.73 Å². The Hall–Kier alpha value is -1.75. The Kier molecular flexibility index (Phi) is 2.73. The summed E-state index contributed by atoms with van der Waals surface area (Å²) in [4.78, 5) is 10.7. The summed E-state index contributed by atoms with van der Waals surface area (Å²) >= 11 is 1.39. The van der Waals surface area contributed by atoms with E-state index in [0.29, 0.717) is 5.01 Å². The molecule has 0 aliphatic carbocycles. The largest absolute Gasteiger partial charge is 0.369 e. The average molecular weight is 219 g/mol. The highest BCUT2D eigenvalue weighted by Gasteiger charge is 2.07. The van der Waals surface area contributed by atoms with Crippen LogP contribution >= 0.6 is 11.3 Å². The van der Waals surface area contributed by atoms with Crippen LogP contribution in [0.4, 0.5) is 0 Å². The van der Waals surface area contributed by atoms with Gasteiger partial charge in [0.1, 0.15) is 10.0 Å². The molecule has 1 aromatic heterocycles. The lowest BCUT2D eigenvalue weighted by Gasteiger charge is -1.91. The Balaban J connectivity index is 2.24. The Bertz CT molecular complexity index is 467. The van der Waals surface area contributed by atoms with Crippen molar-refractivity contribution in [1.29, 1.82) is 0 Å². The second-order valence-corrected chi connectivity index (χ2v) is 4.07.